The smallest absolute Gasteiger partial charge is 0.216 e. The van der Waals surface area contributed by atoms with Crippen LogP contribution in [0.1, 0.15) is 12.5 Å². The molecule has 1 aromatic heterocycles. The van der Waals surface area contributed by atoms with Crippen LogP contribution in [0.25, 0.3) is 10.9 Å². The molecule has 0 saturated carbocycles. The molecule has 1 heterocycles. The summed E-state index contributed by atoms with van der Waals surface area (Å²) in [4.78, 5) is 4.20. The lowest BCUT2D eigenvalue weighted by atomic mass is 10.1. The molecule has 0 fully saturated rings. The summed E-state index contributed by atoms with van der Waals surface area (Å²) in [5.41, 5.74) is 1.33. The molecule has 0 aliphatic heterocycles. The second kappa shape index (κ2) is 4.17. The lowest BCUT2D eigenvalue weighted by molar-refractivity contribution is -0.00343. The second-order valence-corrected chi connectivity index (χ2v) is 3.39. The summed E-state index contributed by atoms with van der Waals surface area (Å²) in [5.74, 6) is 0.368. The van der Waals surface area contributed by atoms with E-state index in [2.05, 4.69) is 11.1 Å². The Morgan fingerprint density at radius 3 is 2.88 bits per heavy atom. The van der Waals surface area contributed by atoms with Crippen molar-refractivity contribution >= 4 is 10.9 Å². The molecule has 0 saturated heterocycles. The van der Waals surface area contributed by atoms with Crippen molar-refractivity contribution in [2.24, 2.45) is 0 Å². The van der Waals surface area contributed by atoms with Gasteiger partial charge in [-0.25, -0.2) is 4.98 Å². The Hall–Kier alpha value is -2.12. The summed E-state index contributed by atoms with van der Waals surface area (Å²) in [6.07, 6.45) is -0.886. The number of aliphatic hydroxyl groups excluding tert-OH is 1. The summed E-state index contributed by atoms with van der Waals surface area (Å²) in [6, 6.07) is 10.7. The van der Waals surface area contributed by atoms with Crippen molar-refractivity contribution < 1.29 is 9.84 Å². The molecule has 0 spiro atoms. The highest BCUT2D eigenvalue weighted by molar-refractivity contribution is 5.80. The van der Waals surface area contributed by atoms with Gasteiger partial charge >= 0.3 is 0 Å². The number of pyridine rings is 1. The molecule has 0 radical (unpaired) electrons. The minimum absolute atomic E-state index is 0.368. The SMILES string of the molecule is CC(O)Oc1ccc2cc(C#N)ccc2n1. The van der Waals surface area contributed by atoms with Gasteiger partial charge in [-0.3, -0.25) is 0 Å². The maximum absolute atomic E-state index is 9.05. The highest BCUT2D eigenvalue weighted by Gasteiger charge is 2.02. The van der Waals surface area contributed by atoms with Crippen LogP contribution in [0.4, 0.5) is 0 Å². The van der Waals surface area contributed by atoms with E-state index in [4.69, 9.17) is 15.1 Å². The fourth-order valence-corrected chi connectivity index (χ4v) is 1.42. The van der Waals surface area contributed by atoms with Crippen LogP contribution < -0.4 is 4.74 Å². The van der Waals surface area contributed by atoms with Crippen molar-refractivity contribution in [3.05, 3.63) is 35.9 Å². The maximum atomic E-state index is 9.05. The van der Waals surface area contributed by atoms with Gasteiger partial charge in [0.2, 0.25) is 5.88 Å². The molecule has 4 heteroatoms. The Kier molecular flexibility index (Phi) is 2.71. The molecule has 1 unspecified atom stereocenters. The quantitative estimate of drug-likeness (QED) is 0.774. The van der Waals surface area contributed by atoms with Gasteiger partial charge in [-0.1, -0.05) is 0 Å². The zero-order chi connectivity index (χ0) is 11.5. The fraction of sp³-hybridized carbons (Fsp3) is 0.167. The molecule has 16 heavy (non-hydrogen) atoms. The predicted molar refractivity (Wildman–Crippen MR) is 58.8 cm³/mol. The number of aliphatic hydroxyl groups is 1. The molecule has 1 N–H and O–H groups in total. The maximum Gasteiger partial charge on any atom is 0.216 e. The van der Waals surface area contributed by atoms with Crippen molar-refractivity contribution in [2.45, 2.75) is 13.2 Å². The fourth-order valence-electron chi connectivity index (χ4n) is 1.42. The first-order valence-electron chi connectivity index (χ1n) is 4.84. The second-order valence-electron chi connectivity index (χ2n) is 3.39. The van der Waals surface area contributed by atoms with Crippen molar-refractivity contribution in [2.75, 3.05) is 0 Å². The molecule has 80 valence electrons. The van der Waals surface area contributed by atoms with E-state index in [0.717, 1.165) is 10.9 Å². The summed E-state index contributed by atoms with van der Waals surface area (Å²) in [7, 11) is 0. The van der Waals surface area contributed by atoms with E-state index in [1.54, 1.807) is 30.3 Å². The van der Waals surface area contributed by atoms with Crippen LogP contribution in [0.15, 0.2) is 30.3 Å². The number of rotatable bonds is 2. The summed E-state index contributed by atoms with van der Waals surface area (Å²) in [6.45, 7) is 1.52. The topological polar surface area (TPSA) is 66.1 Å². The van der Waals surface area contributed by atoms with Gasteiger partial charge in [-0.2, -0.15) is 5.26 Å². The van der Waals surface area contributed by atoms with Gasteiger partial charge in [0.1, 0.15) is 0 Å². The molecule has 2 rings (SSSR count). The largest absolute Gasteiger partial charge is 0.448 e. The minimum Gasteiger partial charge on any atom is -0.448 e. The van der Waals surface area contributed by atoms with Crippen LogP contribution in [0.2, 0.25) is 0 Å². The Balaban J connectivity index is 2.44. The van der Waals surface area contributed by atoms with E-state index in [-0.39, 0.29) is 0 Å². The van der Waals surface area contributed by atoms with Crippen LogP contribution in [-0.2, 0) is 0 Å². The first-order valence-corrected chi connectivity index (χ1v) is 4.84. The van der Waals surface area contributed by atoms with Crippen molar-refractivity contribution in [3.63, 3.8) is 0 Å². The molecule has 1 aromatic carbocycles. The molecule has 0 aliphatic rings. The van der Waals surface area contributed by atoms with Crippen molar-refractivity contribution in [3.8, 4) is 11.9 Å². The van der Waals surface area contributed by atoms with Crippen molar-refractivity contribution in [1.29, 1.82) is 5.26 Å². The van der Waals surface area contributed by atoms with Crippen LogP contribution in [-0.4, -0.2) is 16.4 Å². The Morgan fingerprint density at radius 2 is 2.19 bits per heavy atom. The van der Waals surface area contributed by atoms with Gasteiger partial charge in [0.15, 0.2) is 6.29 Å². The molecule has 4 nitrogen and oxygen atoms in total. The highest BCUT2D eigenvalue weighted by atomic mass is 16.6. The molecular formula is C12H10N2O2. The standard InChI is InChI=1S/C12H10N2O2/c1-8(15)16-12-5-3-10-6-9(7-13)2-4-11(10)14-12/h2-6,8,15H,1H3. The number of hydrogen-bond acceptors (Lipinski definition) is 4. The van der Waals surface area contributed by atoms with Gasteiger partial charge < -0.3 is 9.84 Å². The zero-order valence-corrected chi connectivity index (χ0v) is 8.71. The first-order chi connectivity index (χ1) is 7.69. The van der Waals surface area contributed by atoms with E-state index in [0.29, 0.717) is 11.4 Å². The average molecular weight is 214 g/mol. The molecule has 0 amide bonds. The lowest BCUT2D eigenvalue weighted by Gasteiger charge is -2.07. The summed E-state index contributed by atoms with van der Waals surface area (Å²) < 4.78 is 5.06. The Morgan fingerprint density at radius 1 is 1.38 bits per heavy atom. The molecule has 0 bridgehead atoms. The van der Waals surface area contributed by atoms with Crippen molar-refractivity contribution in [1.82, 2.24) is 4.98 Å². The van der Waals surface area contributed by atoms with Crippen LogP contribution in [0.5, 0.6) is 5.88 Å². The van der Waals surface area contributed by atoms with E-state index in [1.807, 2.05) is 0 Å². The first kappa shape index (κ1) is 10.4. The average Bonchev–Trinajstić information content (AvgIpc) is 2.27. The van der Waals surface area contributed by atoms with Gasteiger partial charge in [0, 0.05) is 11.5 Å². The third-order valence-electron chi connectivity index (χ3n) is 2.08. The van der Waals surface area contributed by atoms with Gasteiger partial charge in [-0.05, 0) is 31.2 Å². The van der Waals surface area contributed by atoms with Gasteiger partial charge in [0.05, 0.1) is 17.1 Å². The monoisotopic (exact) mass is 214 g/mol. The highest BCUT2D eigenvalue weighted by Crippen LogP contribution is 2.18. The van der Waals surface area contributed by atoms with E-state index >= 15 is 0 Å². The van der Waals surface area contributed by atoms with Crippen LogP contribution in [0.3, 0.4) is 0 Å². The Labute approximate surface area is 92.7 Å². The zero-order valence-electron chi connectivity index (χ0n) is 8.71. The number of nitrogens with zero attached hydrogens (tertiary/aromatic N) is 2. The van der Waals surface area contributed by atoms with E-state index in [1.165, 1.54) is 6.92 Å². The lowest BCUT2D eigenvalue weighted by Crippen LogP contribution is -2.10. The number of fused-ring (bicyclic) bond motifs is 1. The normalized spacial score (nSPS) is 12.1. The number of hydrogen-bond donors (Lipinski definition) is 1. The van der Waals surface area contributed by atoms with Crippen LogP contribution in [0, 0.1) is 11.3 Å². The number of aromatic nitrogens is 1. The summed E-state index contributed by atoms with van der Waals surface area (Å²) in [5, 5.41) is 18.7. The number of benzene rings is 1. The third kappa shape index (κ3) is 2.10. The molecule has 0 aliphatic carbocycles. The van der Waals surface area contributed by atoms with E-state index < -0.39 is 6.29 Å². The molecular weight excluding hydrogens is 204 g/mol. The van der Waals surface area contributed by atoms with Gasteiger partial charge in [0.25, 0.3) is 0 Å². The van der Waals surface area contributed by atoms with E-state index in [9.17, 15) is 0 Å². The number of ether oxygens (including phenoxy) is 1. The number of nitriles is 1. The van der Waals surface area contributed by atoms with Gasteiger partial charge in [-0.15, -0.1) is 0 Å². The summed E-state index contributed by atoms with van der Waals surface area (Å²) >= 11 is 0. The Bertz CT molecular complexity index is 558. The molecule has 1 atom stereocenters. The third-order valence-corrected chi connectivity index (χ3v) is 2.08. The minimum atomic E-state index is -0.886. The molecule has 2 aromatic rings. The van der Waals surface area contributed by atoms with Crippen LogP contribution >= 0.6 is 0 Å². The predicted octanol–water partition coefficient (Wildman–Crippen LogP) is 1.82.